The quantitative estimate of drug-likeness (QED) is 0.273. The second kappa shape index (κ2) is 8.54. The first kappa shape index (κ1) is 21.5. The van der Waals surface area contributed by atoms with E-state index in [0.29, 0.717) is 11.3 Å². The summed E-state index contributed by atoms with van der Waals surface area (Å²) in [5.74, 6) is 1.55. The van der Waals surface area contributed by atoms with E-state index in [1.165, 1.54) is 26.9 Å². The molecule has 0 aliphatic heterocycles. The van der Waals surface area contributed by atoms with Crippen molar-refractivity contribution in [3.63, 3.8) is 0 Å². The van der Waals surface area contributed by atoms with Gasteiger partial charge in [-0.25, -0.2) is 0 Å². The van der Waals surface area contributed by atoms with Crippen LogP contribution in [0, 0.1) is 32.1 Å². The van der Waals surface area contributed by atoms with Crippen molar-refractivity contribution in [3.8, 4) is 23.3 Å². The second-order valence-corrected chi connectivity index (χ2v) is 10.1. The van der Waals surface area contributed by atoms with Gasteiger partial charge in [-0.1, -0.05) is 41.6 Å². The van der Waals surface area contributed by atoms with Gasteiger partial charge in [0.1, 0.15) is 0 Å². The van der Waals surface area contributed by atoms with Gasteiger partial charge in [0.15, 0.2) is 11.0 Å². The first-order valence-corrected chi connectivity index (χ1v) is 12.5. The van der Waals surface area contributed by atoms with Crippen LogP contribution in [-0.4, -0.2) is 19.3 Å². The molecule has 5 aromatic rings. The molecule has 0 aliphatic rings. The average Bonchev–Trinajstić information content (AvgIpc) is 3.48. The van der Waals surface area contributed by atoms with Gasteiger partial charge in [0, 0.05) is 12.8 Å². The molecule has 0 aliphatic carbocycles. The maximum atomic E-state index is 9.24. The first-order chi connectivity index (χ1) is 16.0. The highest BCUT2D eigenvalue weighted by atomic mass is 32.2. The summed E-state index contributed by atoms with van der Waals surface area (Å²) in [6.07, 6.45) is 0. The Kier molecular flexibility index (Phi) is 5.57. The number of fused-ring (bicyclic) bond motifs is 1. The summed E-state index contributed by atoms with van der Waals surface area (Å²) in [6, 6.07) is 18.7. The molecule has 0 radical (unpaired) electrons. The Morgan fingerprint density at radius 1 is 1.03 bits per heavy atom. The molecule has 5 nitrogen and oxygen atoms in total. The molecule has 5 rings (SSSR count). The summed E-state index contributed by atoms with van der Waals surface area (Å²) in [6.45, 7) is 6.42. The fourth-order valence-corrected chi connectivity index (χ4v) is 6.13. The standard InChI is InChI=1S/C26H23N5S2/c1-16-10-17(2)24(18(3)11-16)31-25(22-13-23-21(30(22)4)8-9-32-23)28-29-26(31)33-15-20-7-5-6-19(12-20)14-27/h5-13H,15H2,1-4H3. The van der Waals surface area contributed by atoms with Gasteiger partial charge in [0.2, 0.25) is 0 Å². The van der Waals surface area contributed by atoms with Crippen molar-refractivity contribution < 1.29 is 0 Å². The molecule has 2 aromatic carbocycles. The number of thioether (sulfide) groups is 1. The molecule has 0 atom stereocenters. The van der Waals surface area contributed by atoms with Crippen molar-refractivity contribution in [1.82, 2.24) is 19.3 Å². The number of hydrogen-bond donors (Lipinski definition) is 0. The summed E-state index contributed by atoms with van der Waals surface area (Å²) >= 11 is 3.37. The van der Waals surface area contributed by atoms with Gasteiger partial charge < -0.3 is 4.57 Å². The highest BCUT2D eigenvalue weighted by molar-refractivity contribution is 7.98. The molecule has 3 heterocycles. The third-order valence-electron chi connectivity index (χ3n) is 5.81. The van der Waals surface area contributed by atoms with E-state index in [-0.39, 0.29) is 0 Å². The van der Waals surface area contributed by atoms with E-state index < -0.39 is 0 Å². The van der Waals surface area contributed by atoms with Crippen molar-refractivity contribution in [2.75, 3.05) is 0 Å². The molecular formula is C26H23N5S2. The second-order valence-electron chi connectivity index (χ2n) is 8.25. The van der Waals surface area contributed by atoms with Crippen LogP contribution in [-0.2, 0) is 12.8 Å². The van der Waals surface area contributed by atoms with Gasteiger partial charge in [-0.3, -0.25) is 4.57 Å². The third-order valence-corrected chi connectivity index (χ3v) is 7.66. The van der Waals surface area contributed by atoms with Crippen LogP contribution in [0.1, 0.15) is 27.8 Å². The van der Waals surface area contributed by atoms with Gasteiger partial charge >= 0.3 is 0 Å². The SMILES string of the molecule is Cc1cc(C)c(-n2c(SCc3cccc(C#N)c3)nnc2-c2cc3sccc3n2C)c(C)c1. The number of hydrogen-bond acceptors (Lipinski definition) is 5. The number of rotatable bonds is 5. The topological polar surface area (TPSA) is 59.4 Å². The lowest BCUT2D eigenvalue weighted by Gasteiger charge is -2.17. The third kappa shape index (κ3) is 3.86. The molecule has 33 heavy (non-hydrogen) atoms. The monoisotopic (exact) mass is 469 g/mol. The van der Waals surface area contributed by atoms with Crippen molar-refractivity contribution in [1.29, 1.82) is 5.26 Å². The van der Waals surface area contributed by atoms with Crippen molar-refractivity contribution in [2.45, 2.75) is 31.7 Å². The molecule has 0 saturated heterocycles. The van der Waals surface area contributed by atoms with E-state index >= 15 is 0 Å². The molecule has 0 unspecified atom stereocenters. The van der Waals surface area contributed by atoms with Gasteiger partial charge in [-0.05, 0) is 67.1 Å². The van der Waals surface area contributed by atoms with Crippen molar-refractivity contribution in [3.05, 3.63) is 81.7 Å². The molecule has 3 aromatic heterocycles. The van der Waals surface area contributed by atoms with Crippen LogP contribution in [0.25, 0.3) is 27.4 Å². The van der Waals surface area contributed by atoms with Gasteiger partial charge in [0.25, 0.3) is 0 Å². The fraction of sp³-hybridized carbons (Fsp3) is 0.192. The van der Waals surface area contributed by atoms with Crippen molar-refractivity contribution >= 4 is 33.3 Å². The lowest BCUT2D eigenvalue weighted by molar-refractivity contribution is 0.866. The van der Waals surface area contributed by atoms with Gasteiger partial charge in [-0.15, -0.1) is 21.5 Å². The molecule has 164 valence electrons. The number of thiophene rings is 1. The number of aromatic nitrogens is 4. The van der Waals surface area contributed by atoms with Crippen LogP contribution in [0.4, 0.5) is 0 Å². The Morgan fingerprint density at radius 3 is 2.55 bits per heavy atom. The zero-order valence-corrected chi connectivity index (χ0v) is 20.6. The number of nitrogens with zero attached hydrogens (tertiary/aromatic N) is 5. The fourth-order valence-electron chi connectivity index (χ4n) is 4.40. The van der Waals surface area contributed by atoms with Gasteiger partial charge in [-0.2, -0.15) is 5.26 Å². The molecule has 0 bridgehead atoms. The predicted molar refractivity (Wildman–Crippen MR) is 136 cm³/mol. The van der Waals surface area contributed by atoms with Crippen LogP contribution in [0.3, 0.4) is 0 Å². The van der Waals surface area contributed by atoms with E-state index in [0.717, 1.165) is 27.9 Å². The van der Waals surface area contributed by atoms with E-state index in [9.17, 15) is 5.26 Å². The van der Waals surface area contributed by atoms with Crippen LogP contribution in [0.15, 0.2) is 59.1 Å². The van der Waals surface area contributed by atoms with Gasteiger partial charge in [0.05, 0.1) is 33.2 Å². The van der Waals surface area contributed by atoms with E-state index in [1.807, 2.05) is 24.3 Å². The Balaban J connectivity index is 1.65. The molecule has 7 heteroatoms. The summed E-state index contributed by atoms with van der Waals surface area (Å²) in [5, 5.41) is 21.5. The zero-order valence-electron chi connectivity index (χ0n) is 19.0. The molecule has 0 fully saturated rings. The van der Waals surface area contributed by atoms with Crippen LogP contribution in [0.5, 0.6) is 0 Å². The zero-order chi connectivity index (χ0) is 23.1. The summed E-state index contributed by atoms with van der Waals surface area (Å²) in [7, 11) is 2.08. The number of aryl methyl sites for hydroxylation is 4. The van der Waals surface area contributed by atoms with E-state index in [1.54, 1.807) is 23.1 Å². The molecule has 0 spiro atoms. The minimum atomic E-state index is 0.671. The minimum Gasteiger partial charge on any atom is -0.340 e. The summed E-state index contributed by atoms with van der Waals surface area (Å²) in [4.78, 5) is 0. The van der Waals surface area contributed by atoms with Crippen LogP contribution < -0.4 is 0 Å². The Bertz CT molecular complexity index is 1510. The highest BCUT2D eigenvalue weighted by Gasteiger charge is 2.22. The molecular weight excluding hydrogens is 446 g/mol. The number of benzene rings is 2. The van der Waals surface area contributed by atoms with E-state index in [2.05, 4.69) is 82.9 Å². The normalized spacial score (nSPS) is 11.2. The summed E-state index contributed by atoms with van der Waals surface area (Å²) < 4.78 is 5.62. The average molecular weight is 470 g/mol. The summed E-state index contributed by atoms with van der Waals surface area (Å²) in [5.41, 5.74) is 8.75. The maximum Gasteiger partial charge on any atom is 0.196 e. The predicted octanol–water partition coefficient (Wildman–Crippen LogP) is 6.58. The smallest absolute Gasteiger partial charge is 0.196 e. The Morgan fingerprint density at radius 2 is 1.82 bits per heavy atom. The largest absolute Gasteiger partial charge is 0.340 e. The first-order valence-electron chi connectivity index (χ1n) is 10.6. The maximum absolute atomic E-state index is 9.24. The number of nitriles is 1. The van der Waals surface area contributed by atoms with Crippen LogP contribution in [0.2, 0.25) is 0 Å². The highest BCUT2D eigenvalue weighted by Crippen LogP contribution is 2.36. The lowest BCUT2D eigenvalue weighted by Crippen LogP contribution is -2.06. The van der Waals surface area contributed by atoms with Crippen LogP contribution >= 0.6 is 23.1 Å². The molecule has 0 amide bonds. The Hall–Kier alpha value is -3.34. The van der Waals surface area contributed by atoms with E-state index in [4.69, 9.17) is 0 Å². The molecule has 0 N–H and O–H groups in total. The minimum absolute atomic E-state index is 0.671. The van der Waals surface area contributed by atoms with Crippen molar-refractivity contribution in [2.24, 2.45) is 7.05 Å². The molecule has 0 saturated carbocycles. The lowest BCUT2D eigenvalue weighted by atomic mass is 10.0. The Labute approximate surface area is 201 Å².